The number of nitrogens with zero attached hydrogens (tertiary/aromatic N) is 1. The fourth-order valence-corrected chi connectivity index (χ4v) is 2.33. The molecule has 1 heterocycles. The Hall–Kier alpha value is -0.410. The summed E-state index contributed by atoms with van der Waals surface area (Å²) in [7, 11) is 0. The van der Waals surface area contributed by atoms with Crippen molar-refractivity contribution >= 4 is 15.9 Å². The maximum atomic E-state index is 4.43. The second-order valence-electron chi connectivity index (χ2n) is 4.62. The molecule has 1 fully saturated rings. The predicted octanol–water partition coefficient (Wildman–Crippen LogP) is 3.51. The van der Waals surface area contributed by atoms with Crippen molar-refractivity contribution in [3.8, 4) is 0 Å². The first-order valence-electron chi connectivity index (χ1n) is 6.12. The Kier molecular flexibility index (Phi) is 4.36. The van der Waals surface area contributed by atoms with Crippen molar-refractivity contribution < 1.29 is 0 Å². The summed E-state index contributed by atoms with van der Waals surface area (Å²) >= 11 is 3.40. The van der Waals surface area contributed by atoms with E-state index in [1.165, 1.54) is 25.7 Å². The van der Waals surface area contributed by atoms with Gasteiger partial charge in [-0.1, -0.05) is 25.8 Å². The van der Waals surface area contributed by atoms with Gasteiger partial charge >= 0.3 is 0 Å². The molecule has 16 heavy (non-hydrogen) atoms. The van der Waals surface area contributed by atoms with Gasteiger partial charge in [0.25, 0.3) is 0 Å². The summed E-state index contributed by atoms with van der Waals surface area (Å²) in [5.41, 5.74) is 1.11. The molecule has 1 aromatic heterocycles. The minimum Gasteiger partial charge on any atom is -0.308 e. The van der Waals surface area contributed by atoms with Gasteiger partial charge in [-0.2, -0.15) is 0 Å². The first-order valence-corrected chi connectivity index (χ1v) is 6.92. The zero-order chi connectivity index (χ0) is 11.4. The lowest BCUT2D eigenvalue weighted by atomic mass is 10.1. The normalized spacial score (nSPS) is 17.4. The quantitative estimate of drug-likeness (QED) is 0.808. The summed E-state index contributed by atoms with van der Waals surface area (Å²) in [5.74, 6) is 0.993. The van der Waals surface area contributed by atoms with Gasteiger partial charge in [-0.15, -0.1) is 0 Å². The van der Waals surface area contributed by atoms with E-state index in [0.717, 1.165) is 22.8 Å². The third-order valence-corrected chi connectivity index (χ3v) is 3.59. The molecule has 1 unspecified atom stereocenters. The van der Waals surface area contributed by atoms with Crippen molar-refractivity contribution in [3.05, 3.63) is 28.5 Å². The minimum absolute atomic E-state index is 0.660. The van der Waals surface area contributed by atoms with Crippen LogP contribution in [0.15, 0.2) is 22.8 Å². The summed E-state index contributed by atoms with van der Waals surface area (Å²) in [6.07, 6.45) is 5.43. The van der Waals surface area contributed by atoms with Crippen LogP contribution in [0.4, 0.5) is 0 Å². The third kappa shape index (κ3) is 3.87. The number of hydrogen-bond acceptors (Lipinski definition) is 2. The van der Waals surface area contributed by atoms with Crippen molar-refractivity contribution in [1.82, 2.24) is 10.3 Å². The zero-order valence-electron chi connectivity index (χ0n) is 9.75. The van der Waals surface area contributed by atoms with Crippen molar-refractivity contribution in [1.29, 1.82) is 0 Å². The van der Waals surface area contributed by atoms with Crippen LogP contribution in [0.3, 0.4) is 0 Å². The molecule has 0 bridgehead atoms. The Morgan fingerprint density at radius 2 is 2.31 bits per heavy atom. The smallest absolute Gasteiger partial charge is 0.106 e. The van der Waals surface area contributed by atoms with Crippen LogP contribution in [-0.4, -0.2) is 11.0 Å². The fourth-order valence-electron chi connectivity index (χ4n) is 1.95. The molecule has 2 rings (SSSR count). The molecule has 0 aromatic carbocycles. The lowest BCUT2D eigenvalue weighted by Crippen LogP contribution is -2.28. The Morgan fingerprint density at radius 1 is 1.50 bits per heavy atom. The molecule has 0 amide bonds. The zero-order valence-corrected chi connectivity index (χ0v) is 11.3. The number of hydrogen-bond donors (Lipinski definition) is 1. The molecule has 2 nitrogen and oxygen atoms in total. The van der Waals surface area contributed by atoms with Gasteiger partial charge in [-0.05, 0) is 46.8 Å². The highest BCUT2D eigenvalue weighted by molar-refractivity contribution is 9.10. The second kappa shape index (κ2) is 5.78. The topological polar surface area (TPSA) is 24.9 Å². The molecule has 1 aliphatic carbocycles. The molecule has 0 aliphatic heterocycles. The molecule has 0 radical (unpaired) electrons. The van der Waals surface area contributed by atoms with Crippen LogP contribution in [0.1, 0.15) is 38.3 Å². The maximum absolute atomic E-state index is 4.43. The van der Waals surface area contributed by atoms with E-state index in [1.54, 1.807) is 0 Å². The standard InChI is InChI=1S/C13H19BrN2/c1-2-11(8-10-6-7-10)15-9-12-4-3-5-13(14)16-12/h3-5,10-11,15H,2,6-9H2,1H3. The van der Waals surface area contributed by atoms with Crippen LogP contribution < -0.4 is 5.32 Å². The van der Waals surface area contributed by atoms with E-state index in [1.807, 2.05) is 12.1 Å². The number of pyridine rings is 1. The van der Waals surface area contributed by atoms with E-state index in [9.17, 15) is 0 Å². The van der Waals surface area contributed by atoms with Gasteiger partial charge in [0.2, 0.25) is 0 Å². The SMILES string of the molecule is CCC(CC1CC1)NCc1cccc(Br)n1. The fraction of sp³-hybridized carbons (Fsp3) is 0.615. The van der Waals surface area contributed by atoms with Gasteiger partial charge in [-0.25, -0.2) is 4.98 Å². The highest BCUT2D eigenvalue weighted by atomic mass is 79.9. The molecular formula is C13H19BrN2. The average Bonchev–Trinajstić information content (AvgIpc) is 3.08. The Labute approximate surface area is 106 Å². The van der Waals surface area contributed by atoms with Crippen molar-refractivity contribution in [2.24, 2.45) is 5.92 Å². The predicted molar refractivity (Wildman–Crippen MR) is 70.2 cm³/mol. The summed E-state index contributed by atoms with van der Waals surface area (Å²) in [6.45, 7) is 3.14. The lowest BCUT2D eigenvalue weighted by Gasteiger charge is -2.16. The van der Waals surface area contributed by atoms with E-state index in [2.05, 4.69) is 39.2 Å². The molecule has 0 saturated heterocycles. The first kappa shape index (κ1) is 12.1. The van der Waals surface area contributed by atoms with Crippen LogP contribution in [0.5, 0.6) is 0 Å². The molecule has 3 heteroatoms. The van der Waals surface area contributed by atoms with Crippen molar-refractivity contribution in [2.45, 2.75) is 45.2 Å². The average molecular weight is 283 g/mol. The van der Waals surface area contributed by atoms with Gasteiger partial charge in [0, 0.05) is 12.6 Å². The summed E-state index contributed by atoms with van der Waals surface area (Å²) in [5, 5.41) is 3.60. The van der Waals surface area contributed by atoms with E-state index >= 15 is 0 Å². The number of aromatic nitrogens is 1. The molecule has 0 spiro atoms. The first-order chi connectivity index (χ1) is 7.78. The van der Waals surface area contributed by atoms with Crippen LogP contribution in [0.25, 0.3) is 0 Å². The molecule has 88 valence electrons. The largest absolute Gasteiger partial charge is 0.308 e. The van der Waals surface area contributed by atoms with E-state index in [-0.39, 0.29) is 0 Å². The lowest BCUT2D eigenvalue weighted by molar-refractivity contribution is 0.442. The Morgan fingerprint density at radius 3 is 2.94 bits per heavy atom. The Balaban J connectivity index is 1.80. The molecule has 1 aromatic rings. The third-order valence-electron chi connectivity index (χ3n) is 3.15. The van der Waals surface area contributed by atoms with Crippen LogP contribution in [-0.2, 0) is 6.54 Å². The van der Waals surface area contributed by atoms with Crippen molar-refractivity contribution in [2.75, 3.05) is 0 Å². The van der Waals surface area contributed by atoms with E-state index in [0.29, 0.717) is 6.04 Å². The van der Waals surface area contributed by atoms with Crippen LogP contribution in [0, 0.1) is 5.92 Å². The molecule has 1 saturated carbocycles. The summed E-state index contributed by atoms with van der Waals surface area (Å²) < 4.78 is 0.919. The highest BCUT2D eigenvalue weighted by Gasteiger charge is 2.24. The van der Waals surface area contributed by atoms with Gasteiger partial charge in [0.15, 0.2) is 0 Å². The van der Waals surface area contributed by atoms with Crippen molar-refractivity contribution in [3.63, 3.8) is 0 Å². The maximum Gasteiger partial charge on any atom is 0.106 e. The van der Waals surface area contributed by atoms with Crippen LogP contribution >= 0.6 is 15.9 Å². The Bertz CT molecular complexity index is 336. The minimum atomic E-state index is 0.660. The number of nitrogens with one attached hydrogen (secondary N) is 1. The van der Waals surface area contributed by atoms with E-state index < -0.39 is 0 Å². The van der Waals surface area contributed by atoms with Gasteiger partial charge in [0.05, 0.1) is 5.69 Å². The van der Waals surface area contributed by atoms with Gasteiger partial charge < -0.3 is 5.32 Å². The monoisotopic (exact) mass is 282 g/mol. The summed E-state index contributed by atoms with van der Waals surface area (Å²) in [6, 6.07) is 6.73. The van der Waals surface area contributed by atoms with Gasteiger partial charge in [0.1, 0.15) is 4.60 Å². The highest BCUT2D eigenvalue weighted by Crippen LogP contribution is 2.34. The summed E-state index contributed by atoms with van der Waals surface area (Å²) in [4.78, 5) is 4.43. The number of halogens is 1. The van der Waals surface area contributed by atoms with E-state index in [4.69, 9.17) is 0 Å². The molecular weight excluding hydrogens is 264 g/mol. The van der Waals surface area contributed by atoms with Crippen LogP contribution in [0.2, 0.25) is 0 Å². The molecule has 1 atom stereocenters. The molecule has 1 aliphatic rings. The molecule has 1 N–H and O–H groups in total. The van der Waals surface area contributed by atoms with Gasteiger partial charge in [-0.3, -0.25) is 0 Å². The second-order valence-corrected chi connectivity index (χ2v) is 5.43. The number of rotatable bonds is 6.